The van der Waals surface area contributed by atoms with Crippen molar-refractivity contribution in [2.24, 2.45) is 0 Å². The fourth-order valence-corrected chi connectivity index (χ4v) is 2.41. The summed E-state index contributed by atoms with van der Waals surface area (Å²) in [5.74, 6) is -0.384. The molecule has 0 unspecified atom stereocenters. The van der Waals surface area contributed by atoms with Gasteiger partial charge in [-0.2, -0.15) is 13.2 Å². The predicted molar refractivity (Wildman–Crippen MR) is 103 cm³/mol. The van der Waals surface area contributed by atoms with E-state index >= 15 is 0 Å². The zero-order chi connectivity index (χ0) is 20.9. The van der Waals surface area contributed by atoms with Gasteiger partial charge in [-0.3, -0.25) is 9.78 Å². The fraction of sp³-hybridized carbons (Fsp3) is 0.0500. The number of urea groups is 1. The highest BCUT2D eigenvalue weighted by Crippen LogP contribution is 2.29. The Morgan fingerprint density at radius 3 is 2.14 bits per heavy atom. The Kier molecular flexibility index (Phi) is 5.77. The summed E-state index contributed by atoms with van der Waals surface area (Å²) in [5, 5.41) is 7.64. The van der Waals surface area contributed by atoms with Crippen LogP contribution >= 0.6 is 0 Å². The number of carbonyl (C=O) groups is 2. The maximum absolute atomic E-state index is 12.6. The highest BCUT2D eigenvalue weighted by atomic mass is 19.4. The highest BCUT2D eigenvalue weighted by Gasteiger charge is 2.29. The Morgan fingerprint density at radius 1 is 0.793 bits per heavy atom. The van der Waals surface area contributed by atoms with E-state index in [1.165, 1.54) is 12.3 Å². The Labute approximate surface area is 163 Å². The van der Waals surface area contributed by atoms with E-state index in [1.54, 1.807) is 36.5 Å². The van der Waals surface area contributed by atoms with Crippen molar-refractivity contribution < 1.29 is 22.8 Å². The second-order valence-electron chi connectivity index (χ2n) is 5.93. The van der Waals surface area contributed by atoms with E-state index in [2.05, 4.69) is 20.9 Å². The molecule has 0 saturated heterocycles. The van der Waals surface area contributed by atoms with E-state index in [1.807, 2.05) is 0 Å². The second-order valence-corrected chi connectivity index (χ2v) is 5.93. The van der Waals surface area contributed by atoms with E-state index in [0.29, 0.717) is 16.9 Å². The van der Waals surface area contributed by atoms with Gasteiger partial charge in [0.05, 0.1) is 17.4 Å². The minimum Gasteiger partial charge on any atom is -0.321 e. The first-order valence-electron chi connectivity index (χ1n) is 8.38. The third-order valence-electron chi connectivity index (χ3n) is 3.77. The Balaban J connectivity index is 1.62. The number of anilines is 3. The molecule has 148 valence electrons. The number of carbonyl (C=O) groups excluding carboxylic acids is 2. The van der Waals surface area contributed by atoms with Crippen molar-refractivity contribution in [1.82, 2.24) is 4.98 Å². The summed E-state index contributed by atoms with van der Waals surface area (Å²) in [6.07, 6.45) is -1.37. The molecule has 9 heteroatoms. The molecule has 0 fully saturated rings. The highest BCUT2D eigenvalue weighted by molar-refractivity contribution is 6.06. The van der Waals surface area contributed by atoms with Crippen molar-refractivity contribution in [3.05, 3.63) is 84.2 Å². The van der Waals surface area contributed by atoms with Gasteiger partial charge < -0.3 is 16.0 Å². The molecule has 1 heterocycles. The first kappa shape index (κ1) is 19.9. The van der Waals surface area contributed by atoms with Crippen LogP contribution in [-0.2, 0) is 6.18 Å². The van der Waals surface area contributed by atoms with E-state index in [-0.39, 0.29) is 11.6 Å². The van der Waals surface area contributed by atoms with Crippen LogP contribution in [0.25, 0.3) is 0 Å². The van der Waals surface area contributed by atoms with Crippen molar-refractivity contribution in [2.45, 2.75) is 6.18 Å². The quantitative estimate of drug-likeness (QED) is 0.577. The minimum atomic E-state index is -4.45. The summed E-state index contributed by atoms with van der Waals surface area (Å²) < 4.78 is 37.7. The molecule has 0 aliphatic rings. The molecule has 2 aromatic carbocycles. The van der Waals surface area contributed by atoms with Crippen molar-refractivity contribution in [3.8, 4) is 0 Å². The van der Waals surface area contributed by atoms with E-state index in [0.717, 1.165) is 24.3 Å². The summed E-state index contributed by atoms with van der Waals surface area (Å²) >= 11 is 0. The third kappa shape index (κ3) is 5.55. The molecular weight excluding hydrogens is 385 g/mol. The first-order chi connectivity index (χ1) is 13.8. The van der Waals surface area contributed by atoms with Crippen LogP contribution in [0, 0.1) is 0 Å². The Bertz CT molecular complexity index is 1010. The van der Waals surface area contributed by atoms with E-state index in [9.17, 15) is 22.8 Å². The van der Waals surface area contributed by atoms with Gasteiger partial charge in [-0.05, 0) is 54.6 Å². The molecule has 0 aliphatic heterocycles. The molecule has 3 amide bonds. The van der Waals surface area contributed by atoms with E-state index < -0.39 is 17.8 Å². The number of alkyl halides is 3. The van der Waals surface area contributed by atoms with Crippen LogP contribution in [0.1, 0.15) is 15.9 Å². The molecule has 6 nitrogen and oxygen atoms in total. The molecule has 3 rings (SSSR count). The van der Waals surface area contributed by atoms with Gasteiger partial charge in [-0.25, -0.2) is 4.79 Å². The number of benzene rings is 2. The van der Waals surface area contributed by atoms with Crippen LogP contribution in [0.4, 0.5) is 35.0 Å². The van der Waals surface area contributed by atoms with E-state index in [4.69, 9.17) is 0 Å². The van der Waals surface area contributed by atoms with Crippen molar-refractivity contribution in [2.75, 3.05) is 16.0 Å². The van der Waals surface area contributed by atoms with Gasteiger partial charge in [-0.15, -0.1) is 0 Å². The lowest BCUT2D eigenvalue weighted by atomic mass is 10.2. The monoisotopic (exact) mass is 400 g/mol. The number of halogens is 3. The summed E-state index contributed by atoms with van der Waals surface area (Å²) in [7, 11) is 0. The molecule has 1 aromatic heterocycles. The maximum Gasteiger partial charge on any atom is 0.416 e. The number of hydrogen-bond acceptors (Lipinski definition) is 3. The summed E-state index contributed by atoms with van der Waals surface area (Å²) in [4.78, 5) is 28.3. The van der Waals surface area contributed by atoms with Gasteiger partial charge >= 0.3 is 12.2 Å². The molecule has 0 saturated carbocycles. The van der Waals surface area contributed by atoms with Crippen molar-refractivity contribution >= 4 is 29.0 Å². The van der Waals surface area contributed by atoms with Crippen LogP contribution in [0.15, 0.2) is 73.1 Å². The third-order valence-corrected chi connectivity index (χ3v) is 3.77. The molecule has 0 radical (unpaired) electrons. The van der Waals surface area contributed by atoms with Crippen molar-refractivity contribution in [3.63, 3.8) is 0 Å². The molecule has 29 heavy (non-hydrogen) atoms. The van der Waals surface area contributed by atoms with Gasteiger partial charge in [0.1, 0.15) is 0 Å². The Hall–Kier alpha value is -3.88. The van der Waals surface area contributed by atoms with Gasteiger partial charge in [-0.1, -0.05) is 6.07 Å². The molecular formula is C20H15F3N4O2. The van der Waals surface area contributed by atoms with Crippen LogP contribution in [0.3, 0.4) is 0 Å². The fourth-order valence-electron chi connectivity index (χ4n) is 2.41. The average molecular weight is 400 g/mol. The molecule has 0 bridgehead atoms. The number of nitrogens with zero attached hydrogens (tertiary/aromatic N) is 1. The molecule has 3 N–H and O–H groups in total. The zero-order valence-corrected chi connectivity index (χ0v) is 14.8. The van der Waals surface area contributed by atoms with Crippen LogP contribution in [-0.4, -0.2) is 16.9 Å². The largest absolute Gasteiger partial charge is 0.416 e. The lowest BCUT2D eigenvalue weighted by Gasteiger charge is -2.11. The smallest absolute Gasteiger partial charge is 0.321 e. The molecule has 0 atom stereocenters. The van der Waals surface area contributed by atoms with Crippen LogP contribution < -0.4 is 16.0 Å². The number of pyridine rings is 1. The van der Waals surface area contributed by atoms with Gasteiger partial charge in [0, 0.05) is 23.1 Å². The lowest BCUT2D eigenvalue weighted by molar-refractivity contribution is -0.137. The number of hydrogen-bond donors (Lipinski definition) is 3. The minimum absolute atomic E-state index is 0.195. The topological polar surface area (TPSA) is 83.1 Å². The summed E-state index contributed by atoms with van der Waals surface area (Å²) in [6, 6.07) is 13.0. The summed E-state index contributed by atoms with van der Waals surface area (Å²) in [6.45, 7) is 0. The lowest BCUT2D eigenvalue weighted by Crippen LogP contribution is -2.20. The zero-order valence-electron chi connectivity index (χ0n) is 14.8. The number of nitrogens with one attached hydrogen (secondary N) is 3. The van der Waals surface area contributed by atoms with Crippen molar-refractivity contribution in [1.29, 1.82) is 0 Å². The normalized spacial score (nSPS) is 10.9. The molecule has 3 aromatic rings. The van der Waals surface area contributed by atoms with Crippen LogP contribution in [0.2, 0.25) is 0 Å². The SMILES string of the molecule is O=C(Nc1ccc(C(F)(F)F)cc1)Nc1cccc(C(=O)Nc2cccnc2)c1. The standard InChI is InChI=1S/C20H15F3N4O2/c21-20(22,23)14-6-8-15(9-7-14)26-19(29)27-16-4-1-3-13(11-16)18(28)25-17-5-2-10-24-12-17/h1-12H,(H,25,28)(H2,26,27,29). The number of amides is 3. The Morgan fingerprint density at radius 2 is 1.48 bits per heavy atom. The maximum atomic E-state index is 12.6. The number of rotatable bonds is 4. The molecule has 0 aliphatic carbocycles. The van der Waals surface area contributed by atoms with Gasteiger partial charge in [0.25, 0.3) is 5.91 Å². The second kappa shape index (κ2) is 8.42. The molecule has 0 spiro atoms. The van der Waals surface area contributed by atoms with Gasteiger partial charge in [0.2, 0.25) is 0 Å². The first-order valence-corrected chi connectivity index (χ1v) is 8.38. The van der Waals surface area contributed by atoms with Crippen LogP contribution in [0.5, 0.6) is 0 Å². The summed E-state index contributed by atoms with van der Waals surface area (Å²) in [5.41, 5.74) is 0.558. The number of aromatic nitrogens is 1. The van der Waals surface area contributed by atoms with Gasteiger partial charge in [0.15, 0.2) is 0 Å². The average Bonchev–Trinajstić information content (AvgIpc) is 2.68. The predicted octanol–water partition coefficient (Wildman–Crippen LogP) is 5.00.